The fourth-order valence-corrected chi connectivity index (χ4v) is 2.09. The molecule has 2 rings (SSSR count). The number of ether oxygens (including phenoxy) is 2. The van der Waals surface area contributed by atoms with Crippen molar-refractivity contribution < 1.29 is 13.9 Å². The summed E-state index contributed by atoms with van der Waals surface area (Å²) in [5, 5.41) is 0. The highest BCUT2D eigenvalue weighted by Gasteiger charge is 2.03. The van der Waals surface area contributed by atoms with Crippen LogP contribution in [0.3, 0.4) is 0 Å². The SMILES string of the molecule is CCOc1cccc(OCc2ccc(F)cc2Br)c1. The van der Waals surface area contributed by atoms with Gasteiger partial charge in [-0.1, -0.05) is 28.1 Å². The molecule has 0 aliphatic heterocycles. The molecule has 0 amide bonds. The third kappa shape index (κ3) is 3.96. The first-order valence-corrected chi connectivity index (χ1v) is 6.78. The molecule has 2 nitrogen and oxygen atoms in total. The van der Waals surface area contributed by atoms with Crippen LogP contribution in [0.25, 0.3) is 0 Å². The van der Waals surface area contributed by atoms with Crippen LogP contribution in [0, 0.1) is 5.82 Å². The molecule has 0 spiro atoms. The van der Waals surface area contributed by atoms with Gasteiger partial charge in [0.05, 0.1) is 6.61 Å². The minimum atomic E-state index is -0.269. The number of benzene rings is 2. The van der Waals surface area contributed by atoms with Gasteiger partial charge in [0.1, 0.15) is 23.9 Å². The minimum absolute atomic E-state index is 0.269. The first-order chi connectivity index (χ1) is 9.19. The van der Waals surface area contributed by atoms with Gasteiger partial charge in [-0.25, -0.2) is 4.39 Å². The van der Waals surface area contributed by atoms with E-state index in [2.05, 4.69) is 15.9 Å². The van der Waals surface area contributed by atoms with Crippen LogP contribution in [0.4, 0.5) is 4.39 Å². The molecule has 19 heavy (non-hydrogen) atoms. The Bertz CT molecular complexity index is 558. The van der Waals surface area contributed by atoms with E-state index in [0.29, 0.717) is 17.7 Å². The van der Waals surface area contributed by atoms with Gasteiger partial charge in [0, 0.05) is 16.1 Å². The lowest BCUT2D eigenvalue weighted by Crippen LogP contribution is -1.98. The molecule has 0 radical (unpaired) electrons. The number of hydrogen-bond donors (Lipinski definition) is 0. The quantitative estimate of drug-likeness (QED) is 0.802. The molecule has 0 unspecified atom stereocenters. The van der Waals surface area contributed by atoms with Crippen molar-refractivity contribution in [2.24, 2.45) is 0 Å². The molecule has 100 valence electrons. The Balaban J connectivity index is 2.03. The zero-order chi connectivity index (χ0) is 13.7. The Morgan fingerprint density at radius 1 is 1.05 bits per heavy atom. The molecular weight excluding hydrogens is 311 g/mol. The Labute approximate surface area is 120 Å². The molecule has 0 saturated heterocycles. The van der Waals surface area contributed by atoms with E-state index in [1.54, 1.807) is 6.07 Å². The summed E-state index contributed by atoms with van der Waals surface area (Å²) >= 11 is 3.32. The summed E-state index contributed by atoms with van der Waals surface area (Å²) in [5.41, 5.74) is 0.892. The van der Waals surface area contributed by atoms with E-state index >= 15 is 0 Å². The normalized spacial score (nSPS) is 10.3. The van der Waals surface area contributed by atoms with Crippen molar-refractivity contribution in [3.8, 4) is 11.5 Å². The van der Waals surface area contributed by atoms with Gasteiger partial charge in [0.15, 0.2) is 0 Å². The monoisotopic (exact) mass is 324 g/mol. The molecular formula is C15H14BrFO2. The van der Waals surface area contributed by atoms with Crippen LogP contribution in [-0.4, -0.2) is 6.61 Å². The zero-order valence-electron chi connectivity index (χ0n) is 10.5. The van der Waals surface area contributed by atoms with E-state index in [0.717, 1.165) is 17.1 Å². The fraction of sp³-hybridized carbons (Fsp3) is 0.200. The maximum Gasteiger partial charge on any atom is 0.124 e. The van der Waals surface area contributed by atoms with E-state index < -0.39 is 0 Å². The Hall–Kier alpha value is -1.55. The van der Waals surface area contributed by atoms with E-state index in [9.17, 15) is 4.39 Å². The molecule has 4 heteroatoms. The molecule has 0 N–H and O–H groups in total. The zero-order valence-corrected chi connectivity index (χ0v) is 12.1. The van der Waals surface area contributed by atoms with Crippen LogP contribution in [0.15, 0.2) is 46.9 Å². The van der Waals surface area contributed by atoms with Crippen molar-refractivity contribution in [1.82, 2.24) is 0 Å². The van der Waals surface area contributed by atoms with Crippen LogP contribution >= 0.6 is 15.9 Å². The van der Waals surface area contributed by atoms with Crippen LogP contribution < -0.4 is 9.47 Å². The third-order valence-corrected chi connectivity index (χ3v) is 3.26. The molecule has 0 fully saturated rings. The fourth-order valence-electron chi connectivity index (χ4n) is 1.62. The van der Waals surface area contributed by atoms with Crippen LogP contribution in [-0.2, 0) is 6.61 Å². The summed E-state index contributed by atoms with van der Waals surface area (Å²) < 4.78 is 24.7. The molecule has 0 aromatic heterocycles. The topological polar surface area (TPSA) is 18.5 Å². The molecule has 0 aliphatic carbocycles. The second kappa shape index (κ2) is 6.57. The van der Waals surface area contributed by atoms with Crippen molar-refractivity contribution in [3.05, 3.63) is 58.3 Å². The second-order valence-electron chi connectivity index (χ2n) is 3.93. The van der Waals surface area contributed by atoms with Gasteiger partial charge >= 0.3 is 0 Å². The first kappa shape index (κ1) is 13.9. The molecule has 2 aromatic carbocycles. The smallest absolute Gasteiger partial charge is 0.124 e. The van der Waals surface area contributed by atoms with Crippen LogP contribution in [0.1, 0.15) is 12.5 Å². The second-order valence-corrected chi connectivity index (χ2v) is 4.79. The average molecular weight is 325 g/mol. The van der Waals surface area contributed by atoms with Gasteiger partial charge in [0.25, 0.3) is 0 Å². The highest BCUT2D eigenvalue weighted by atomic mass is 79.9. The maximum absolute atomic E-state index is 13.0. The number of hydrogen-bond acceptors (Lipinski definition) is 2. The molecule has 0 atom stereocenters. The summed E-state index contributed by atoms with van der Waals surface area (Å²) in [6, 6.07) is 12.0. The molecule has 0 aliphatic rings. The van der Waals surface area contributed by atoms with Gasteiger partial charge in [-0.3, -0.25) is 0 Å². The standard InChI is InChI=1S/C15H14BrFO2/c1-2-18-13-4-3-5-14(9-13)19-10-11-6-7-12(17)8-15(11)16/h3-9H,2,10H2,1H3. The number of halogens is 2. The first-order valence-electron chi connectivity index (χ1n) is 5.98. The van der Waals surface area contributed by atoms with Crippen molar-refractivity contribution in [1.29, 1.82) is 0 Å². The Kier molecular flexibility index (Phi) is 4.80. The summed E-state index contributed by atoms with van der Waals surface area (Å²) in [6.45, 7) is 2.92. The largest absolute Gasteiger partial charge is 0.494 e. The van der Waals surface area contributed by atoms with E-state index in [-0.39, 0.29) is 5.82 Å². The maximum atomic E-state index is 13.0. The molecule has 0 saturated carbocycles. The Morgan fingerprint density at radius 3 is 2.47 bits per heavy atom. The van der Waals surface area contributed by atoms with Crippen molar-refractivity contribution in [2.45, 2.75) is 13.5 Å². The van der Waals surface area contributed by atoms with Crippen molar-refractivity contribution >= 4 is 15.9 Å². The predicted octanol–water partition coefficient (Wildman–Crippen LogP) is 4.57. The van der Waals surface area contributed by atoms with Gasteiger partial charge in [-0.15, -0.1) is 0 Å². The van der Waals surface area contributed by atoms with E-state index in [4.69, 9.17) is 9.47 Å². The van der Waals surface area contributed by atoms with Gasteiger partial charge in [-0.05, 0) is 31.2 Å². The predicted molar refractivity (Wildman–Crippen MR) is 76.0 cm³/mol. The summed E-state index contributed by atoms with van der Waals surface area (Å²) in [5.74, 6) is 1.23. The average Bonchev–Trinajstić information content (AvgIpc) is 2.38. The highest BCUT2D eigenvalue weighted by Crippen LogP contribution is 2.23. The molecule has 0 heterocycles. The molecule has 0 bridgehead atoms. The van der Waals surface area contributed by atoms with E-state index in [1.165, 1.54) is 12.1 Å². The lowest BCUT2D eigenvalue weighted by molar-refractivity contribution is 0.299. The highest BCUT2D eigenvalue weighted by molar-refractivity contribution is 9.10. The third-order valence-electron chi connectivity index (χ3n) is 2.53. The van der Waals surface area contributed by atoms with E-state index in [1.807, 2.05) is 31.2 Å². The summed E-state index contributed by atoms with van der Waals surface area (Å²) in [4.78, 5) is 0. The minimum Gasteiger partial charge on any atom is -0.494 e. The van der Waals surface area contributed by atoms with Gasteiger partial charge in [0.2, 0.25) is 0 Å². The van der Waals surface area contributed by atoms with Gasteiger partial charge < -0.3 is 9.47 Å². The van der Waals surface area contributed by atoms with Crippen LogP contribution in [0.2, 0.25) is 0 Å². The van der Waals surface area contributed by atoms with Crippen molar-refractivity contribution in [2.75, 3.05) is 6.61 Å². The lowest BCUT2D eigenvalue weighted by Gasteiger charge is -2.09. The van der Waals surface area contributed by atoms with Crippen molar-refractivity contribution in [3.63, 3.8) is 0 Å². The summed E-state index contributed by atoms with van der Waals surface area (Å²) in [7, 11) is 0. The molecule has 2 aromatic rings. The van der Waals surface area contributed by atoms with Crippen LogP contribution in [0.5, 0.6) is 11.5 Å². The Morgan fingerprint density at radius 2 is 1.79 bits per heavy atom. The lowest BCUT2D eigenvalue weighted by atomic mass is 10.2. The number of rotatable bonds is 5. The summed E-state index contributed by atoms with van der Waals surface area (Å²) in [6.07, 6.45) is 0. The van der Waals surface area contributed by atoms with Gasteiger partial charge in [-0.2, -0.15) is 0 Å².